The van der Waals surface area contributed by atoms with Crippen LogP contribution in [0.3, 0.4) is 0 Å². The molecule has 118 valence electrons. The topological polar surface area (TPSA) is 74.8 Å². The maximum atomic E-state index is 12.3. The lowest BCUT2D eigenvalue weighted by Gasteiger charge is -2.44. The number of ether oxygens (including phenoxy) is 1. The van der Waals surface area contributed by atoms with Crippen molar-refractivity contribution >= 4 is 12.1 Å². The van der Waals surface area contributed by atoms with Crippen LogP contribution in [0.25, 0.3) is 0 Å². The van der Waals surface area contributed by atoms with E-state index in [4.69, 9.17) is 4.74 Å². The highest BCUT2D eigenvalue weighted by Gasteiger charge is 2.40. The highest BCUT2D eigenvalue weighted by molar-refractivity contribution is 5.74. The molecule has 2 aliphatic rings. The Morgan fingerprint density at radius 3 is 3.18 bits per heavy atom. The molecule has 2 aliphatic heterocycles. The van der Waals surface area contributed by atoms with Crippen molar-refractivity contribution in [2.75, 3.05) is 26.7 Å². The van der Waals surface area contributed by atoms with Crippen molar-refractivity contribution < 1.29 is 14.3 Å². The molecule has 0 aliphatic carbocycles. The molecule has 2 fully saturated rings. The molecule has 1 aromatic rings. The van der Waals surface area contributed by atoms with Gasteiger partial charge in [0.15, 0.2) is 0 Å². The van der Waals surface area contributed by atoms with Gasteiger partial charge in [0.25, 0.3) is 0 Å². The SMILES string of the molecule is CN1C(=O)OC[C@@H]2CCN(C(=O)NCc3cccnc3)C[C@H]21. The molecule has 0 bridgehead atoms. The Bertz CT molecular complexity index is 551. The van der Waals surface area contributed by atoms with Crippen LogP contribution in [0.2, 0.25) is 0 Å². The summed E-state index contributed by atoms with van der Waals surface area (Å²) in [4.78, 5) is 31.3. The van der Waals surface area contributed by atoms with Crippen LogP contribution in [0.4, 0.5) is 9.59 Å². The first kappa shape index (κ1) is 14.6. The Kier molecular flexibility index (Phi) is 4.13. The number of pyridine rings is 1. The summed E-state index contributed by atoms with van der Waals surface area (Å²) in [5.74, 6) is 0.310. The molecule has 1 aromatic heterocycles. The number of cyclic esters (lactones) is 1. The molecular formula is C15H20N4O3. The van der Waals surface area contributed by atoms with Gasteiger partial charge in [0, 0.05) is 45.0 Å². The summed E-state index contributed by atoms with van der Waals surface area (Å²) >= 11 is 0. The smallest absolute Gasteiger partial charge is 0.409 e. The summed E-state index contributed by atoms with van der Waals surface area (Å²) in [5, 5.41) is 2.90. The molecule has 3 amide bonds. The summed E-state index contributed by atoms with van der Waals surface area (Å²) in [6.45, 7) is 2.15. The molecule has 7 heteroatoms. The standard InChI is InChI=1S/C15H20N4O3/c1-18-13-9-19(6-4-12(13)10-22-15(18)21)14(20)17-8-11-3-2-5-16-7-11/h2-3,5,7,12-13H,4,6,8-10H2,1H3,(H,17,20)/t12-,13+/m0/s1. The van der Waals surface area contributed by atoms with Crippen LogP contribution in [0.5, 0.6) is 0 Å². The van der Waals surface area contributed by atoms with E-state index in [2.05, 4.69) is 10.3 Å². The Morgan fingerprint density at radius 2 is 2.41 bits per heavy atom. The molecule has 0 unspecified atom stereocenters. The average Bonchev–Trinajstić information content (AvgIpc) is 2.57. The number of aromatic nitrogens is 1. The molecule has 0 saturated carbocycles. The van der Waals surface area contributed by atoms with E-state index < -0.39 is 0 Å². The summed E-state index contributed by atoms with van der Waals surface area (Å²) in [5.41, 5.74) is 0.962. The Balaban J connectivity index is 1.56. The van der Waals surface area contributed by atoms with Gasteiger partial charge in [-0.2, -0.15) is 0 Å². The largest absolute Gasteiger partial charge is 0.449 e. The Hall–Kier alpha value is -2.31. The number of piperidine rings is 1. The quantitative estimate of drug-likeness (QED) is 0.886. The van der Waals surface area contributed by atoms with E-state index in [0.29, 0.717) is 32.2 Å². The second-order valence-corrected chi connectivity index (χ2v) is 5.77. The monoisotopic (exact) mass is 304 g/mol. The number of fused-ring (bicyclic) bond motifs is 1. The van der Waals surface area contributed by atoms with E-state index >= 15 is 0 Å². The van der Waals surface area contributed by atoms with E-state index in [1.54, 1.807) is 29.2 Å². The maximum absolute atomic E-state index is 12.3. The van der Waals surface area contributed by atoms with Crippen molar-refractivity contribution in [3.63, 3.8) is 0 Å². The third-order valence-corrected chi connectivity index (χ3v) is 4.38. The van der Waals surface area contributed by atoms with E-state index in [1.807, 2.05) is 12.1 Å². The van der Waals surface area contributed by atoms with Gasteiger partial charge < -0.3 is 19.9 Å². The van der Waals surface area contributed by atoms with E-state index in [1.165, 1.54) is 0 Å². The third-order valence-electron chi connectivity index (χ3n) is 4.38. The number of amides is 3. The zero-order valence-electron chi connectivity index (χ0n) is 12.6. The number of nitrogens with one attached hydrogen (secondary N) is 1. The number of carbonyl (C=O) groups excluding carboxylic acids is 2. The number of rotatable bonds is 2. The summed E-state index contributed by atoms with van der Waals surface area (Å²) in [7, 11) is 1.73. The predicted molar refractivity (Wildman–Crippen MR) is 79.1 cm³/mol. The zero-order valence-corrected chi connectivity index (χ0v) is 12.6. The lowest BCUT2D eigenvalue weighted by molar-refractivity contribution is -0.0107. The normalized spacial score (nSPS) is 24.5. The van der Waals surface area contributed by atoms with E-state index in [0.717, 1.165) is 12.0 Å². The number of urea groups is 1. The number of hydrogen-bond donors (Lipinski definition) is 1. The second-order valence-electron chi connectivity index (χ2n) is 5.77. The van der Waals surface area contributed by atoms with Crippen molar-refractivity contribution in [2.24, 2.45) is 5.92 Å². The molecular weight excluding hydrogens is 284 g/mol. The van der Waals surface area contributed by atoms with Crippen LogP contribution in [0.1, 0.15) is 12.0 Å². The van der Waals surface area contributed by atoms with Crippen molar-refractivity contribution in [1.82, 2.24) is 20.1 Å². The van der Waals surface area contributed by atoms with Crippen LogP contribution in [-0.4, -0.2) is 59.7 Å². The average molecular weight is 304 g/mol. The molecule has 22 heavy (non-hydrogen) atoms. The van der Waals surface area contributed by atoms with Crippen LogP contribution < -0.4 is 5.32 Å². The first-order valence-corrected chi connectivity index (χ1v) is 7.46. The number of nitrogens with zero attached hydrogens (tertiary/aromatic N) is 3. The first-order chi connectivity index (χ1) is 10.6. The molecule has 3 rings (SSSR count). The minimum Gasteiger partial charge on any atom is -0.449 e. The molecule has 2 atom stereocenters. The molecule has 7 nitrogen and oxygen atoms in total. The lowest BCUT2D eigenvalue weighted by atomic mass is 9.90. The Morgan fingerprint density at radius 1 is 1.55 bits per heavy atom. The number of likely N-dealkylation sites (N-methyl/N-ethyl adjacent to an activating group) is 1. The van der Waals surface area contributed by atoms with Gasteiger partial charge in [-0.25, -0.2) is 9.59 Å². The third kappa shape index (κ3) is 2.98. The lowest BCUT2D eigenvalue weighted by Crippen LogP contribution is -2.59. The molecule has 2 saturated heterocycles. The molecule has 0 radical (unpaired) electrons. The first-order valence-electron chi connectivity index (χ1n) is 7.46. The fourth-order valence-electron chi connectivity index (χ4n) is 3.01. The van der Waals surface area contributed by atoms with Crippen LogP contribution in [0.15, 0.2) is 24.5 Å². The maximum Gasteiger partial charge on any atom is 0.409 e. The van der Waals surface area contributed by atoms with Crippen molar-refractivity contribution in [3.8, 4) is 0 Å². The highest BCUT2D eigenvalue weighted by Crippen LogP contribution is 2.26. The van der Waals surface area contributed by atoms with Crippen LogP contribution >= 0.6 is 0 Å². The van der Waals surface area contributed by atoms with Gasteiger partial charge in [-0.15, -0.1) is 0 Å². The van der Waals surface area contributed by atoms with Gasteiger partial charge >= 0.3 is 12.1 Å². The van der Waals surface area contributed by atoms with Gasteiger partial charge in [0.2, 0.25) is 0 Å². The molecule has 3 heterocycles. The highest BCUT2D eigenvalue weighted by atomic mass is 16.6. The summed E-state index contributed by atoms with van der Waals surface area (Å²) < 4.78 is 5.12. The van der Waals surface area contributed by atoms with Crippen LogP contribution in [-0.2, 0) is 11.3 Å². The van der Waals surface area contributed by atoms with Gasteiger partial charge in [0.1, 0.15) is 0 Å². The number of carbonyl (C=O) groups is 2. The minimum absolute atomic E-state index is 0.0409. The molecule has 0 aromatic carbocycles. The zero-order chi connectivity index (χ0) is 15.5. The predicted octanol–water partition coefficient (Wildman–Crippen LogP) is 1.06. The number of hydrogen-bond acceptors (Lipinski definition) is 4. The number of likely N-dealkylation sites (tertiary alicyclic amines) is 1. The van der Waals surface area contributed by atoms with Gasteiger partial charge in [-0.1, -0.05) is 6.07 Å². The molecule has 0 spiro atoms. The summed E-state index contributed by atoms with van der Waals surface area (Å²) in [6, 6.07) is 3.70. The van der Waals surface area contributed by atoms with Crippen molar-refractivity contribution in [1.29, 1.82) is 0 Å². The van der Waals surface area contributed by atoms with Crippen molar-refractivity contribution in [2.45, 2.75) is 19.0 Å². The van der Waals surface area contributed by atoms with E-state index in [-0.39, 0.29) is 18.2 Å². The van der Waals surface area contributed by atoms with Crippen molar-refractivity contribution in [3.05, 3.63) is 30.1 Å². The summed E-state index contributed by atoms with van der Waals surface area (Å²) in [6.07, 6.45) is 3.98. The molecule has 1 N–H and O–H groups in total. The van der Waals surface area contributed by atoms with Crippen LogP contribution in [0, 0.1) is 5.92 Å². The van der Waals surface area contributed by atoms with Gasteiger partial charge in [-0.3, -0.25) is 4.98 Å². The van der Waals surface area contributed by atoms with Gasteiger partial charge in [0.05, 0.1) is 12.6 Å². The second kappa shape index (κ2) is 6.21. The fourth-order valence-corrected chi connectivity index (χ4v) is 3.01. The fraction of sp³-hybridized carbons (Fsp3) is 0.533. The van der Waals surface area contributed by atoms with Gasteiger partial charge in [-0.05, 0) is 18.1 Å². The Labute approximate surface area is 129 Å². The minimum atomic E-state index is -0.307. The van der Waals surface area contributed by atoms with E-state index in [9.17, 15) is 9.59 Å².